The number of allylic oxidation sites excluding steroid dienone is 2. The minimum atomic E-state index is 0. The molecule has 2 aromatic rings. The first kappa shape index (κ1) is 37.6. The minimum Gasteiger partial charge on any atom is -1.00 e. The van der Waals surface area contributed by atoms with Gasteiger partial charge >= 0.3 is 23.1 Å². The molecule has 0 saturated carbocycles. The van der Waals surface area contributed by atoms with Gasteiger partial charge in [-0.1, -0.05) is 94.0 Å². The molecule has 0 N–H and O–H groups in total. The molecule has 2 aromatic carbocycles. The Hall–Kier alpha value is -0.394. The van der Waals surface area contributed by atoms with Gasteiger partial charge in [0.1, 0.15) is 0 Å². The van der Waals surface area contributed by atoms with E-state index in [1.807, 2.05) is 12.2 Å². The molecule has 1 aliphatic heterocycles. The molecule has 1 saturated heterocycles. The summed E-state index contributed by atoms with van der Waals surface area (Å²) < 4.78 is 6.15. The Labute approximate surface area is 282 Å². The second kappa shape index (κ2) is 25.1. The number of unbranched alkanes of at least 4 members (excludes halogenated alkanes) is 8. The number of halogens is 2. The van der Waals surface area contributed by atoms with E-state index in [0.29, 0.717) is 0 Å². The zero-order chi connectivity index (χ0) is 28.0. The molecule has 0 spiro atoms. The van der Waals surface area contributed by atoms with E-state index in [1.165, 1.54) is 125 Å². The van der Waals surface area contributed by atoms with E-state index in [-0.39, 0.29) is 25.9 Å². The molecule has 4 heteroatoms. The number of fused-ring (bicyclic) bond motifs is 2. The van der Waals surface area contributed by atoms with Gasteiger partial charge in [-0.25, -0.2) is 0 Å². The van der Waals surface area contributed by atoms with E-state index in [2.05, 4.69) is 81.4 Å². The van der Waals surface area contributed by atoms with Gasteiger partial charge in [0.05, 0.1) is 0 Å². The number of rotatable bonds is 13. The Balaban J connectivity index is 0. The van der Waals surface area contributed by atoms with E-state index in [4.69, 9.17) is 4.74 Å². The average Bonchev–Trinajstić information content (AvgIpc) is 3.51. The molecule has 0 radical (unpaired) electrons. The van der Waals surface area contributed by atoms with Gasteiger partial charge in [0.15, 0.2) is 0 Å². The van der Waals surface area contributed by atoms with Crippen LogP contribution in [-0.4, -0.2) is 41.6 Å². The van der Waals surface area contributed by atoms with Gasteiger partial charge in [-0.2, -0.15) is 0 Å². The van der Waals surface area contributed by atoms with Crippen molar-refractivity contribution in [3.8, 4) is 0 Å². The van der Waals surface area contributed by atoms with E-state index in [0.717, 1.165) is 18.5 Å². The predicted molar refractivity (Wildman–Crippen MR) is 187 cm³/mol. The Morgan fingerprint density at radius 2 is 1.20 bits per heavy atom. The maximum absolute atomic E-state index is 4.94. The molecule has 220 valence electrons. The number of ether oxygens (including phenoxy) is 1. The fourth-order valence-corrected chi connectivity index (χ4v) is 5.59. The van der Waals surface area contributed by atoms with Gasteiger partial charge in [-0.3, -0.25) is 0 Å². The van der Waals surface area contributed by atoms with Crippen LogP contribution >= 0.6 is 31.9 Å². The molecular formula is C36H54Br2MgO. The van der Waals surface area contributed by atoms with Crippen LogP contribution in [0, 0.1) is 0 Å². The molecule has 40 heavy (non-hydrogen) atoms. The Kier molecular flexibility index (Phi) is 23.6. The smallest absolute Gasteiger partial charge is 1.00 e. The monoisotopic (exact) mass is 684 g/mol. The number of benzene rings is 2. The van der Waals surface area contributed by atoms with Crippen LogP contribution in [0.2, 0.25) is 0 Å². The molecule has 3 aliphatic rings. The SMILES string of the molecule is Brc1ccc2c(c1)CC2.C1CCOC1.C=CCCCCCCBr.C=CCCCCCCc1ccc2c(c1)CC2.[H-].[H-].[Mg+2]. The summed E-state index contributed by atoms with van der Waals surface area (Å²) in [6.45, 7) is 9.42. The van der Waals surface area contributed by atoms with Crippen LogP contribution in [0.3, 0.4) is 0 Å². The van der Waals surface area contributed by atoms with Crippen molar-refractivity contribution in [1.82, 2.24) is 0 Å². The fraction of sp³-hybridized carbons (Fsp3) is 0.556. The normalized spacial score (nSPS) is 13.6. The van der Waals surface area contributed by atoms with Gasteiger partial charge in [0.25, 0.3) is 0 Å². The maximum Gasteiger partial charge on any atom is 2.00 e. The summed E-state index contributed by atoms with van der Waals surface area (Å²) in [4.78, 5) is 0. The molecule has 2 aliphatic carbocycles. The molecule has 0 bridgehead atoms. The van der Waals surface area contributed by atoms with Crippen LogP contribution in [0.25, 0.3) is 0 Å². The number of alkyl halides is 1. The van der Waals surface area contributed by atoms with Gasteiger partial charge < -0.3 is 7.59 Å². The summed E-state index contributed by atoms with van der Waals surface area (Å²) in [7, 11) is 0. The maximum atomic E-state index is 4.94. The third-order valence-electron chi connectivity index (χ3n) is 7.51. The largest absolute Gasteiger partial charge is 2.00 e. The van der Waals surface area contributed by atoms with E-state index < -0.39 is 0 Å². The predicted octanol–water partition coefficient (Wildman–Crippen LogP) is 11.2. The van der Waals surface area contributed by atoms with Crippen LogP contribution < -0.4 is 0 Å². The van der Waals surface area contributed by atoms with E-state index >= 15 is 0 Å². The molecule has 0 amide bonds. The van der Waals surface area contributed by atoms with Crippen LogP contribution in [-0.2, 0) is 36.8 Å². The van der Waals surface area contributed by atoms with Crippen LogP contribution in [0.4, 0.5) is 0 Å². The van der Waals surface area contributed by atoms with Crippen LogP contribution in [0.15, 0.2) is 66.2 Å². The second-order valence-corrected chi connectivity index (χ2v) is 12.5. The van der Waals surface area contributed by atoms with Crippen molar-refractivity contribution in [2.24, 2.45) is 0 Å². The van der Waals surface area contributed by atoms with Gasteiger partial charge in [0, 0.05) is 23.0 Å². The molecular weight excluding hydrogens is 633 g/mol. The molecule has 0 aromatic heterocycles. The quantitative estimate of drug-likeness (QED) is 0.0882. The average molecular weight is 687 g/mol. The van der Waals surface area contributed by atoms with E-state index in [1.54, 1.807) is 16.7 Å². The van der Waals surface area contributed by atoms with Crippen molar-refractivity contribution in [3.63, 3.8) is 0 Å². The summed E-state index contributed by atoms with van der Waals surface area (Å²) in [5.41, 5.74) is 7.77. The molecule has 0 unspecified atom stereocenters. The zero-order valence-electron chi connectivity index (χ0n) is 27.0. The summed E-state index contributed by atoms with van der Waals surface area (Å²) in [5, 5.41) is 1.15. The Bertz CT molecular complexity index is 942. The van der Waals surface area contributed by atoms with Crippen molar-refractivity contribution >= 4 is 54.9 Å². The van der Waals surface area contributed by atoms with Gasteiger partial charge in [-0.05, 0) is 123 Å². The third-order valence-corrected chi connectivity index (χ3v) is 8.56. The first-order valence-corrected chi connectivity index (χ1v) is 17.3. The topological polar surface area (TPSA) is 9.23 Å². The molecule has 1 fully saturated rings. The summed E-state index contributed by atoms with van der Waals surface area (Å²) >= 11 is 6.83. The van der Waals surface area contributed by atoms with Crippen molar-refractivity contribution in [2.75, 3.05) is 18.5 Å². The number of hydrogen-bond acceptors (Lipinski definition) is 1. The van der Waals surface area contributed by atoms with Gasteiger partial charge in [0.2, 0.25) is 0 Å². The standard InChI is InChI=1S/C16H22.C8H7Br.C8H15Br.C4H8O.Mg.2H/c1-2-3-4-5-6-7-8-14-9-10-15-11-12-16(15)13-14;9-8-4-3-6-1-2-7(6)5-8;1-2-3-4-5-6-7-8-9;1-2-4-5-3-1;;;/h2,9-10,13H,1,3-8,11-12H2;3-5H,1-2H2;2H,1,3-8H2;1-4H2;;;/q;;;;+2;2*-1. The minimum absolute atomic E-state index is 0. The Morgan fingerprint density at radius 1 is 0.675 bits per heavy atom. The van der Waals surface area contributed by atoms with Gasteiger partial charge in [-0.15, -0.1) is 13.2 Å². The summed E-state index contributed by atoms with van der Waals surface area (Å²) in [6.07, 6.45) is 26.1. The number of hydrogen-bond donors (Lipinski definition) is 0. The van der Waals surface area contributed by atoms with E-state index in [9.17, 15) is 0 Å². The summed E-state index contributed by atoms with van der Waals surface area (Å²) in [5.74, 6) is 0. The first-order valence-electron chi connectivity index (χ1n) is 15.4. The molecule has 1 heterocycles. The fourth-order valence-electron chi connectivity index (χ4n) is 4.79. The molecule has 0 atom stereocenters. The van der Waals surface area contributed by atoms with Crippen LogP contribution in [0.5, 0.6) is 0 Å². The number of aryl methyl sites for hydroxylation is 5. The summed E-state index contributed by atoms with van der Waals surface area (Å²) in [6, 6.07) is 13.6. The molecule has 1 nitrogen and oxygen atoms in total. The van der Waals surface area contributed by atoms with Crippen molar-refractivity contribution < 1.29 is 7.59 Å². The first-order chi connectivity index (χ1) is 19.2. The Morgan fingerprint density at radius 3 is 1.62 bits per heavy atom. The molecule has 5 rings (SSSR count). The second-order valence-electron chi connectivity index (χ2n) is 10.8. The third kappa shape index (κ3) is 16.9. The van der Waals surface area contributed by atoms with Crippen molar-refractivity contribution in [3.05, 3.63) is 94.0 Å². The van der Waals surface area contributed by atoms with Crippen LogP contribution in [0.1, 0.15) is 108 Å². The van der Waals surface area contributed by atoms with Crippen molar-refractivity contribution in [1.29, 1.82) is 0 Å². The zero-order valence-corrected chi connectivity index (χ0v) is 29.6. The van der Waals surface area contributed by atoms with Crippen molar-refractivity contribution in [2.45, 2.75) is 109 Å².